The summed E-state index contributed by atoms with van der Waals surface area (Å²) in [4.78, 5) is 11.4. The van der Waals surface area contributed by atoms with Gasteiger partial charge in [-0.05, 0) is 31.2 Å². The van der Waals surface area contributed by atoms with Crippen molar-refractivity contribution in [3.05, 3.63) is 0 Å². The normalized spacial score (nSPS) is 19.2. The second-order valence-electron chi connectivity index (χ2n) is 3.90. The first-order valence-electron chi connectivity index (χ1n) is 4.98. The molecule has 0 saturated heterocycles. The third-order valence-corrected chi connectivity index (χ3v) is 2.64. The third-order valence-electron chi connectivity index (χ3n) is 2.64. The third kappa shape index (κ3) is 3.35. The van der Waals surface area contributed by atoms with Crippen LogP contribution in [0.25, 0.3) is 0 Å². The molecule has 0 aromatic rings. The topological polar surface area (TPSA) is 43.1 Å². The van der Waals surface area contributed by atoms with Gasteiger partial charge in [0.1, 0.15) is 5.78 Å². The number of rotatable bonds is 6. The van der Waals surface area contributed by atoms with Crippen LogP contribution in [0.2, 0.25) is 0 Å². The van der Waals surface area contributed by atoms with Crippen LogP contribution >= 0.6 is 0 Å². The Morgan fingerprint density at radius 1 is 1.58 bits per heavy atom. The van der Waals surface area contributed by atoms with E-state index < -0.39 is 0 Å². The number of Topliss-reactive ketones (excluding diaryl/α,β-unsaturated/α-hetero) is 1. The van der Waals surface area contributed by atoms with E-state index in [0.29, 0.717) is 24.7 Å². The van der Waals surface area contributed by atoms with Gasteiger partial charge < -0.3 is 5.73 Å². The van der Waals surface area contributed by atoms with Crippen LogP contribution < -0.4 is 5.73 Å². The quantitative estimate of drug-likeness (QED) is 0.658. The molecule has 1 rings (SSSR count). The molecule has 1 saturated carbocycles. The Bertz CT molecular complexity index is 148. The maximum atomic E-state index is 11.4. The van der Waals surface area contributed by atoms with E-state index in [1.54, 1.807) is 0 Å². The van der Waals surface area contributed by atoms with Gasteiger partial charge in [0.2, 0.25) is 0 Å². The van der Waals surface area contributed by atoms with Gasteiger partial charge in [0.25, 0.3) is 0 Å². The summed E-state index contributed by atoms with van der Waals surface area (Å²) in [7, 11) is 0. The molecule has 0 spiro atoms. The highest BCUT2D eigenvalue weighted by molar-refractivity contribution is 5.79. The maximum Gasteiger partial charge on any atom is 0.133 e. The van der Waals surface area contributed by atoms with E-state index >= 15 is 0 Å². The minimum atomic E-state index is 0.426. The van der Waals surface area contributed by atoms with E-state index in [0.717, 1.165) is 18.8 Å². The average Bonchev–Trinajstić information content (AvgIpc) is 2.84. The van der Waals surface area contributed by atoms with E-state index in [4.69, 9.17) is 5.73 Å². The lowest BCUT2D eigenvalue weighted by molar-refractivity contribution is -0.120. The van der Waals surface area contributed by atoms with Gasteiger partial charge in [-0.2, -0.15) is 0 Å². The second-order valence-corrected chi connectivity index (χ2v) is 3.90. The molecule has 12 heavy (non-hydrogen) atoms. The van der Waals surface area contributed by atoms with Gasteiger partial charge in [-0.1, -0.05) is 13.3 Å². The van der Waals surface area contributed by atoms with Crippen LogP contribution in [0, 0.1) is 11.8 Å². The van der Waals surface area contributed by atoms with Crippen molar-refractivity contribution in [1.82, 2.24) is 0 Å². The van der Waals surface area contributed by atoms with E-state index in [9.17, 15) is 4.79 Å². The van der Waals surface area contributed by atoms with Crippen molar-refractivity contribution in [1.29, 1.82) is 0 Å². The van der Waals surface area contributed by atoms with Crippen molar-refractivity contribution < 1.29 is 4.79 Å². The first-order chi connectivity index (χ1) is 5.76. The van der Waals surface area contributed by atoms with Crippen LogP contribution in [0.1, 0.15) is 39.0 Å². The number of hydrogen-bond acceptors (Lipinski definition) is 2. The zero-order valence-electron chi connectivity index (χ0n) is 7.88. The molecular weight excluding hydrogens is 150 g/mol. The highest BCUT2D eigenvalue weighted by Crippen LogP contribution is 2.33. The van der Waals surface area contributed by atoms with Gasteiger partial charge in [-0.3, -0.25) is 4.79 Å². The lowest BCUT2D eigenvalue weighted by atomic mass is 9.97. The molecule has 0 aliphatic heterocycles. The smallest absolute Gasteiger partial charge is 0.133 e. The largest absolute Gasteiger partial charge is 0.330 e. The van der Waals surface area contributed by atoms with E-state index in [-0.39, 0.29) is 0 Å². The van der Waals surface area contributed by atoms with Crippen molar-refractivity contribution in [2.24, 2.45) is 17.6 Å². The highest BCUT2D eigenvalue weighted by atomic mass is 16.1. The molecule has 0 aromatic carbocycles. The Kier molecular flexibility index (Phi) is 3.73. The molecule has 0 radical (unpaired) electrons. The molecule has 1 atom stereocenters. The Morgan fingerprint density at radius 3 is 2.67 bits per heavy atom. The molecule has 0 bridgehead atoms. The zero-order chi connectivity index (χ0) is 8.97. The second kappa shape index (κ2) is 4.61. The number of carbonyl (C=O) groups is 1. The molecule has 1 unspecified atom stereocenters. The number of ketones is 1. The average molecular weight is 169 g/mol. The van der Waals surface area contributed by atoms with Crippen molar-refractivity contribution in [3.63, 3.8) is 0 Å². The predicted octanol–water partition coefficient (Wildman–Crippen LogP) is 1.73. The fourth-order valence-corrected chi connectivity index (χ4v) is 1.44. The predicted molar refractivity (Wildman–Crippen MR) is 49.8 cm³/mol. The van der Waals surface area contributed by atoms with Gasteiger partial charge in [-0.15, -0.1) is 0 Å². The summed E-state index contributed by atoms with van der Waals surface area (Å²) in [5, 5.41) is 0. The Balaban J connectivity index is 2.13. The van der Waals surface area contributed by atoms with Crippen molar-refractivity contribution in [2.75, 3.05) is 6.54 Å². The molecular formula is C10H19NO. The molecule has 2 N–H and O–H groups in total. The minimum absolute atomic E-state index is 0.426. The Morgan fingerprint density at radius 2 is 2.25 bits per heavy atom. The Hall–Kier alpha value is -0.370. The maximum absolute atomic E-state index is 11.4. The first-order valence-corrected chi connectivity index (χ1v) is 4.98. The lowest BCUT2D eigenvalue weighted by Gasteiger charge is -2.09. The van der Waals surface area contributed by atoms with Gasteiger partial charge in [0.15, 0.2) is 0 Å². The summed E-state index contributed by atoms with van der Waals surface area (Å²) in [6, 6.07) is 0. The van der Waals surface area contributed by atoms with Crippen LogP contribution in [0.4, 0.5) is 0 Å². The summed E-state index contributed by atoms with van der Waals surface area (Å²) in [6.07, 6.45) is 5.10. The Labute approximate surface area is 74.5 Å². The standard InChI is InChI=1S/C10H19NO/c1-2-8(7-11)5-10(12)6-9-3-4-9/h8-9H,2-7,11H2,1H3. The van der Waals surface area contributed by atoms with E-state index in [1.165, 1.54) is 12.8 Å². The number of nitrogens with two attached hydrogens (primary N) is 1. The van der Waals surface area contributed by atoms with Gasteiger partial charge in [-0.25, -0.2) is 0 Å². The molecule has 1 aliphatic rings. The molecule has 0 heterocycles. The lowest BCUT2D eigenvalue weighted by Crippen LogP contribution is -2.17. The van der Waals surface area contributed by atoms with Gasteiger partial charge in [0, 0.05) is 12.8 Å². The first kappa shape index (κ1) is 9.72. The SMILES string of the molecule is CCC(CN)CC(=O)CC1CC1. The molecule has 0 aromatic heterocycles. The van der Waals surface area contributed by atoms with Gasteiger partial charge >= 0.3 is 0 Å². The zero-order valence-corrected chi connectivity index (χ0v) is 7.88. The highest BCUT2D eigenvalue weighted by Gasteiger charge is 2.24. The summed E-state index contributed by atoms with van der Waals surface area (Å²) >= 11 is 0. The summed E-state index contributed by atoms with van der Waals surface area (Å²) < 4.78 is 0. The van der Waals surface area contributed by atoms with E-state index in [2.05, 4.69) is 6.92 Å². The fraction of sp³-hybridized carbons (Fsp3) is 0.900. The van der Waals surface area contributed by atoms with E-state index in [1.807, 2.05) is 0 Å². The molecule has 1 fully saturated rings. The van der Waals surface area contributed by atoms with Crippen molar-refractivity contribution >= 4 is 5.78 Å². The van der Waals surface area contributed by atoms with Crippen LogP contribution in [0.3, 0.4) is 0 Å². The van der Waals surface area contributed by atoms with Crippen LogP contribution in [0.15, 0.2) is 0 Å². The van der Waals surface area contributed by atoms with Crippen LogP contribution in [-0.4, -0.2) is 12.3 Å². The van der Waals surface area contributed by atoms with Crippen LogP contribution in [0.5, 0.6) is 0 Å². The van der Waals surface area contributed by atoms with Crippen LogP contribution in [-0.2, 0) is 4.79 Å². The molecule has 2 nitrogen and oxygen atoms in total. The summed E-state index contributed by atoms with van der Waals surface area (Å²) in [5.41, 5.74) is 5.53. The summed E-state index contributed by atoms with van der Waals surface area (Å²) in [6.45, 7) is 2.76. The summed E-state index contributed by atoms with van der Waals surface area (Å²) in [5.74, 6) is 1.58. The molecule has 1 aliphatic carbocycles. The fourth-order valence-electron chi connectivity index (χ4n) is 1.44. The molecule has 70 valence electrons. The minimum Gasteiger partial charge on any atom is -0.330 e. The van der Waals surface area contributed by atoms with Crippen molar-refractivity contribution in [2.45, 2.75) is 39.0 Å². The number of carbonyl (C=O) groups excluding carboxylic acids is 1. The van der Waals surface area contributed by atoms with Crippen molar-refractivity contribution in [3.8, 4) is 0 Å². The van der Waals surface area contributed by atoms with Gasteiger partial charge in [0.05, 0.1) is 0 Å². The number of hydrogen-bond donors (Lipinski definition) is 1. The monoisotopic (exact) mass is 169 g/mol. The molecule has 2 heteroatoms. The molecule has 0 amide bonds.